The summed E-state index contributed by atoms with van der Waals surface area (Å²) >= 11 is 1.49. The van der Waals surface area contributed by atoms with Gasteiger partial charge in [0, 0.05) is 0 Å². The van der Waals surface area contributed by atoms with Gasteiger partial charge in [-0.15, -0.1) is 11.8 Å². The number of amides is 1. The average Bonchev–Trinajstić information content (AvgIpc) is 2.17. The zero-order chi connectivity index (χ0) is 6.69. The molecule has 1 aliphatic rings. The van der Waals surface area contributed by atoms with Crippen LogP contribution in [0.25, 0.3) is 0 Å². The highest BCUT2D eigenvalue weighted by atomic mass is 32.2. The standard InChI is InChI=1S/C5H6N2OS/c6-2-1-5-7-4(8)3-9-5/h5H,1,3H2,(H,7,8)/t5-/m0/s1. The summed E-state index contributed by atoms with van der Waals surface area (Å²) in [6.07, 6.45) is 0.413. The summed E-state index contributed by atoms with van der Waals surface area (Å²) in [5.74, 6) is 0.548. The van der Waals surface area contributed by atoms with Crippen molar-refractivity contribution in [1.82, 2.24) is 5.32 Å². The Hall–Kier alpha value is -0.690. The monoisotopic (exact) mass is 142 g/mol. The first-order valence-electron chi connectivity index (χ1n) is 2.61. The Bertz CT molecular complexity index is 163. The largest absolute Gasteiger partial charge is 0.343 e. The predicted molar refractivity (Wildman–Crippen MR) is 34.6 cm³/mol. The third-order valence-corrected chi connectivity index (χ3v) is 2.13. The summed E-state index contributed by atoms with van der Waals surface area (Å²) in [6.45, 7) is 0. The molecule has 1 N–H and O–H groups in total. The first-order valence-corrected chi connectivity index (χ1v) is 3.65. The molecule has 1 saturated heterocycles. The molecule has 0 aliphatic carbocycles. The van der Waals surface area contributed by atoms with Gasteiger partial charge >= 0.3 is 0 Å². The van der Waals surface area contributed by atoms with Gasteiger partial charge in [-0.2, -0.15) is 5.26 Å². The van der Waals surface area contributed by atoms with Crippen LogP contribution in [0.2, 0.25) is 0 Å². The number of carbonyl (C=O) groups excluding carboxylic acids is 1. The molecule has 0 bridgehead atoms. The van der Waals surface area contributed by atoms with E-state index in [1.165, 1.54) is 11.8 Å². The Morgan fingerprint density at radius 1 is 2.00 bits per heavy atom. The van der Waals surface area contributed by atoms with Crippen molar-refractivity contribution in [1.29, 1.82) is 5.26 Å². The van der Waals surface area contributed by atoms with E-state index in [2.05, 4.69) is 5.32 Å². The minimum Gasteiger partial charge on any atom is -0.343 e. The Labute approximate surface area is 57.4 Å². The normalized spacial score (nSPS) is 25.2. The number of carbonyl (C=O) groups is 1. The van der Waals surface area contributed by atoms with Crippen LogP contribution in [-0.2, 0) is 4.79 Å². The van der Waals surface area contributed by atoms with Gasteiger partial charge in [0.15, 0.2) is 0 Å². The maximum Gasteiger partial charge on any atom is 0.230 e. The zero-order valence-electron chi connectivity index (χ0n) is 4.76. The number of hydrogen-bond donors (Lipinski definition) is 1. The van der Waals surface area contributed by atoms with E-state index in [0.717, 1.165) is 0 Å². The van der Waals surface area contributed by atoms with Crippen LogP contribution in [0.1, 0.15) is 6.42 Å². The topological polar surface area (TPSA) is 52.9 Å². The highest BCUT2D eigenvalue weighted by Gasteiger charge is 2.20. The van der Waals surface area contributed by atoms with Gasteiger partial charge in [0.25, 0.3) is 0 Å². The molecule has 48 valence electrons. The first-order chi connectivity index (χ1) is 4.33. The number of thioether (sulfide) groups is 1. The highest BCUT2D eigenvalue weighted by molar-refractivity contribution is 8.01. The van der Waals surface area contributed by atoms with E-state index in [0.29, 0.717) is 12.2 Å². The van der Waals surface area contributed by atoms with E-state index in [4.69, 9.17) is 5.26 Å². The second-order valence-electron chi connectivity index (χ2n) is 1.73. The molecule has 0 saturated carbocycles. The molecule has 0 aromatic heterocycles. The van der Waals surface area contributed by atoms with E-state index in [1.807, 2.05) is 6.07 Å². The van der Waals surface area contributed by atoms with E-state index < -0.39 is 0 Å². The van der Waals surface area contributed by atoms with Crippen LogP contribution in [0, 0.1) is 11.3 Å². The summed E-state index contributed by atoms with van der Waals surface area (Å²) < 4.78 is 0. The Balaban J connectivity index is 2.32. The van der Waals surface area contributed by atoms with Gasteiger partial charge in [0.2, 0.25) is 5.91 Å². The van der Waals surface area contributed by atoms with Gasteiger partial charge < -0.3 is 5.32 Å². The van der Waals surface area contributed by atoms with E-state index >= 15 is 0 Å². The van der Waals surface area contributed by atoms with Crippen LogP contribution in [-0.4, -0.2) is 17.0 Å². The number of nitrogens with one attached hydrogen (secondary N) is 1. The highest BCUT2D eigenvalue weighted by Crippen LogP contribution is 2.16. The SMILES string of the molecule is N#CC[C@H]1NC(=O)CS1. The lowest BCUT2D eigenvalue weighted by molar-refractivity contribution is -0.118. The van der Waals surface area contributed by atoms with Crippen molar-refractivity contribution in [2.75, 3.05) is 5.75 Å². The molecule has 3 nitrogen and oxygen atoms in total. The molecular weight excluding hydrogens is 136 g/mol. The fourth-order valence-corrected chi connectivity index (χ4v) is 1.48. The van der Waals surface area contributed by atoms with E-state index in [1.54, 1.807) is 0 Å². The van der Waals surface area contributed by atoms with Crippen molar-refractivity contribution in [3.8, 4) is 6.07 Å². The quantitative estimate of drug-likeness (QED) is 0.564. The average molecular weight is 142 g/mol. The molecule has 1 atom stereocenters. The number of nitriles is 1. The third kappa shape index (κ3) is 1.61. The smallest absolute Gasteiger partial charge is 0.230 e. The minimum atomic E-state index is 0.0419. The summed E-state index contributed by atoms with van der Waals surface area (Å²) in [6, 6.07) is 1.99. The fourth-order valence-electron chi connectivity index (χ4n) is 0.632. The van der Waals surface area contributed by atoms with Crippen LogP contribution < -0.4 is 5.32 Å². The minimum absolute atomic E-state index is 0.0419. The lowest BCUT2D eigenvalue weighted by atomic mass is 10.4. The van der Waals surface area contributed by atoms with Crippen LogP contribution in [0.3, 0.4) is 0 Å². The molecule has 0 aromatic rings. The molecular formula is C5H6N2OS. The molecule has 1 fully saturated rings. The second-order valence-corrected chi connectivity index (χ2v) is 2.92. The van der Waals surface area contributed by atoms with Crippen molar-refractivity contribution in [3.05, 3.63) is 0 Å². The van der Waals surface area contributed by atoms with Gasteiger partial charge in [0.1, 0.15) is 0 Å². The lowest BCUT2D eigenvalue weighted by Crippen LogP contribution is -2.23. The van der Waals surface area contributed by atoms with Crippen LogP contribution in [0.5, 0.6) is 0 Å². The van der Waals surface area contributed by atoms with Crippen LogP contribution in [0.4, 0.5) is 0 Å². The van der Waals surface area contributed by atoms with Crippen molar-refractivity contribution >= 4 is 17.7 Å². The van der Waals surface area contributed by atoms with Gasteiger partial charge in [-0.3, -0.25) is 4.79 Å². The molecule has 0 unspecified atom stereocenters. The fraction of sp³-hybridized carbons (Fsp3) is 0.600. The molecule has 0 radical (unpaired) electrons. The van der Waals surface area contributed by atoms with Crippen molar-refractivity contribution in [3.63, 3.8) is 0 Å². The van der Waals surface area contributed by atoms with Crippen molar-refractivity contribution in [2.24, 2.45) is 0 Å². The van der Waals surface area contributed by atoms with Gasteiger partial charge in [-0.1, -0.05) is 0 Å². The maximum atomic E-state index is 10.5. The third-order valence-electron chi connectivity index (χ3n) is 1.01. The summed E-state index contributed by atoms with van der Waals surface area (Å²) in [4.78, 5) is 10.5. The summed E-state index contributed by atoms with van der Waals surface area (Å²) in [5, 5.41) is 10.9. The molecule has 9 heavy (non-hydrogen) atoms. The predicted octanol–water partition coefficient (Wildman–Crippen LogP) is 0.0892. The molecule has 0 aromatic carbocycles. The van der Waals surface area contributed by atoms with Crippen molar-refractivity contribution in [2.45, 2.75) is 11.8 Å². The maximum absolute atomic E-state index is 10.5. The van der Waals surface area contributed by atoms with Crippen LogP contribution >= 0.6 is 11.8 Å². The van der Waals surface area contributed by atoms with E-state index in [9.17, 15) is 4.79 Å². The second kappa shape index (κ2) is 2.74. The molecule has 1 amide bonds. The summed E-state index contributed by atoms with van der Waals surface area (Å²) in [5.41, 5.74) is 0. The molecule has 1 rings (SSSR count). The number of nitrogens with zero attached hydrogens (tertiary/aromatic N) is 1. The molecule has 4 heteroatoms. The van der Waals surface area contributed by atoms with Gasteiger partial charge in [-0.25, -0.2) is 0 Å². The van der Waals surface area contributed by atoms with E-state index in [-0.39, 0.29) is 11.3 Å². The first kappa shape index (κ1) is 6.43. The Morgan fingerprint density at radius 3 is 3.22 bits per heavy atom. The molecule has 1 heterocycles. The number of hydrogen-bond acceptors (Lipinski definition) is 3. The van der Waals surface area contributed by atoms with Crippen molar-refractivity contribution < 1.29 is 4.79 Å². The Morgan fingerprint density at radius 2 is 2.78 bits per heavy atom. The Kier molecular flexibility index (Phi) is 1.96. The van der Waals surface area contributed by atoms with Crippen LogP contribution in [0.15, 0.2) is 0 Å². The van der Waals surface area contributed by atoms with Gasteiger partial charge in [-0.05, 0) is 0 Å². The lowest BCUT2D eigenvalue weighted by Gasteiger charge is -1.99. The molecule has 0 spiro atoms. The zero-order valence-corrected chi connectivity index (χ0v) is 5.57. The molecule has 1 aliphatic heterocycles. The summed E-state index contributed by atoms with van der Waals surface area (Å²) in [7, 11) is 0. The number of rotatable bonds is 1. The van der Waals surface area contributed by atoms with Gasteiger partial charge in [0.05, 0.1) is 23.6 Å².